The van der Waals surface area contributed by atoms with E-state index in [1.165, 1.54) is 5.56 Å². The van der Waals surface area contributed by atoms with Gasteiger partial charge in [0.2, 0.25) is 5.91 Å². The first-order valence-electron chi connectivity index (χ1n) is 5.95. The highest BCUT2D eigenvalue weighted by Gasteiger charge is 2.48. The van der Waals surface area contributed by atoms with Crippen LogP contribution < -0.4 is 10.6 Å². The normalized spacial score (nSPS) is 26.4. The van der Waals surface area contributed by atoms with Crippen molar-refractivity contribution in [2.45, 2.75) is 18.0 Å². The number of carbonyl (C=O) groups excluding carboxylic acids is 1. The number of benzene rings is 1. The summed E-state index contributed by atoms with van der Waals surface area (Å²) in [5, 5.41) is 6.39. The molecule has 90 valence electrons. The Morgan fingerprint density at radius 1 is 1.29 bits per heavy atom. The third-order valence-electron chi connectivity index (χ3n) is 3.61. The van der Waals surface area contributed by atoms with Crippen LogP contribution in [0.5, 0.6) is 0 Å². The molecule has 2 aliphatic heterocycles. The number of piperazine rings is 1. The largest absolute Gasteiger partial charge is 0.377 e. The Balaban J connectivity index is 1.77. The van der Waals surface area contributed by atoms with Gasteiger partial charge in [0.15, 0.2) is 0 Å². The minimum atomic E-state index is -0.0518. The van der Waals surface area contributed by atoms with Gasteiger partial charge in [0, 0.05) is 0 Å². The highest BCUT2D eigenvalue weighted by molar-refractivity contribution is 5.79. The smallest absolute Gasteiger partial charge is 0.234 e. The molecule has 0 radical (unpaired) electrons. The molecular formula is C13H16N2O2. The SMILES string of the molecule is O=C1CNC2(COC2)C(Cc2ccccc2)N1. The molecule has 1 unspecified atom stereocenters. The molecule has 4 nitrogen and oxygen atoms in total. The molecule has 17 heavy (non-hydrogen) atoms. The molecule has 1 atom stereocenters. The van der Waals surface area contributed by atoms with Crippen molar-refractivity contribution in [2.75, 3.05) is 19.8 Å². The van der Waals surface area contributed by atoms with Crippen molar-refractivity contribution >= 4 is 5.91 Å². The Morgan fingerprint density at radius 2 is 2.06 bits per heavy atom. The lowest BCUT2D eigenvalue weighted by atomic mass is 9.82. The molecule has 2 aliphatic rings. The number of nitrogens with one attached hydrogen (secondary N) is 2. The Kier molecular flexibility index (Phi) is 2.61. The predicted octanol–water partition coefficient (Wildman–Crippen LogP) is 0.0861. The van der Waals surface area contributed by atoms with Crippen molar-refractivity contribution in [1.82, 2.24) is 10.6 Å². The van der Waals surface area contributed by atoms with Crippen LogP contribution in [-0.2, 0) is 16.0 Å². The van der Waals surface area contributed by atoms with Crippen LogP contribution in [-0.4, -0.2) is 37.2 Å². The van der Waals surface area contributed by atoms with Crippen molar-refractivity contribution in [3.05, 3.63) is 35.9 Å². The third kappa shape index (κ3) is 1.94. The number of carbonyl (C=O) groups is 1. The van der Waals surface area contributed by atoms with E-state index in [0.717, 1.165) is 6.42 Å². The lowest BCUT2D eigenvalue weighted by molar-refractivity contribution is -0.137. The topological polar surface area (TPSA) is 50.4 Å². The Labute approximate surface area is 100 Å². The van der Waals surface area contributed by atoms with Gasteiger partial charge in [-0.15, -0.1) is 0 Å². The fourth-order valence-corrected chi connectivity index (χ4v) is 2.48. The maximum absolute atomic E-state index is 11.5. The quantitative estimate of drug-likeness (QED) is 0.759. The second-order valence-corrected chi connectivity index (χ2v) is 4.81. The predicted molar refractivity (Wildman–Crippen MR) is 63.6 cm³/mol. The van der Waals surface area contributed by atoms with Crippen LogP contribution in [0, 0.1) is 0 Å². The lowest BCUT2D eigenvalue weighted by Gasteiger charge is -2.50. The average Bonchev–Trinajstić information content (AvgIpc) is 2.28. The molecule has 1 aromatic rings. The number of hydrogen-bond acceptors (Lipinski definition) is 3. The summed E-state index contributed by atoms with van der Waals surface area (Å²) in [6.45, 7) is 1.77. The van der Waals surface area contributed by atoms with Gasteiger partial charge >= 0.3 is 0 Å². The number of hydrogen-bond donors (Lipinski definition) is 2. The van der Waals surface area contributed by atoms with Crippen molar-refractivity contribution in [1.29, 1.82) is 0 Å². The molecule has 0 aliphatic carbocycles. The fraction of sp³-hybridized carbons (Fsp3) is 0.462. The summed E-state index contributed by atoms with van der Waals surface area (Å²) in [5.41, 5.74) is 1.19. The third-order valence-corrected chi connectivity index (χ3v) is 3.61. The monoisotopic (exact) mass is 232 g/mol. The van der Waals surface area contributed by atoms with E-state index >= 15 is 0 Å². The first-order valence-corrected chi connectivity index (χ1v) is 5.95. The molecular weight excluding hydrogens is 216 g/mol. The first kappa shape index (κ1) is 10.7. The maximum atomic E-state index is 11.5. The van der Waals surface area contributed by atoms with Gasteiger partial charge in [-0.25, -0.2) is 0 Å². The molecule has 1 amide bonds. The van der Waals surface area contributed by atoms with Crippen LogP contribution in [0.25, 0.3) is 0 Å². The summed E-state index contributed by atoms with van der Waals surface area (Å²) in [6.07, 6.45) is 0.850. The summed E-state index contributed by atoms with van der Waals surface area (Å²) in [7, 11) is 0. The summed E-state index contributed by atoms with van der Waals surface area (Å²) < 4.78 is 5.30. The fourth-order valence-electron chi connectivity index (χ4n) is 2.48. The minimum Gasteiger partial charge on any atom is -0.377 e. The van der Waals surface area contributed by atoms with Crippen LogP contribution in [0.15, 0.2) is 30.3 Å². The summed E-state index contributed by atoms with van der Waals surface area (Å²) in [4.78, 5) is 11.5. The zero-order valence-corrected chi connectivity index (χ0v) is 9.61. The maximum Gasteiger partial charge on any atom is 0.234 e. The molecule has 4 heteroatoms. The molecule has 0 aromatic heterocycles. The van der Waals surface area contributed by atoms with Crippen LogP contribution in [0.2, 0.25) is 0 Å². The van der Waals surface area contributed by atoms with Crippen molar-refractivity contribution in [2.24, 2.45) is 0 Å². The highest BCUT2D eigenvalue weighted by atomic mass is 16.5. The van der Waals surface area contributed by atoms with Crippen LogP contribution >= 0.6 is 0 Å². The molecule has 0 bridgehead atoms. The zero-order valence-electron chi connectivity index (χ0n) is 9.61. The lowest BCUT2D eigenvalue weighted by Crippen LogP contribution is -2.76. The molecule has 0 saturated carbocycles. The van der Waals surface area contributed by atoms with E-state index in [1.54, 1.807) is 0 Å². The summed E-state index contributed by atoms with van der Waals surface area (Å²) in [5.74, 6) is 0.0726. The van der Waals surface area contributed by atoms with Gasteiger partial charge in [-0.2, -0.15) is 0 Å². The Hall–Kier alpha value is -1.39. The van der Waals surface area contributed by atoms with E-state index < -0.39 is 0 Å². The first-order chi connectivity index (χ1) is 8.28. The van der Waals surface area contributed by atoms with Gasteiger partial charge < -0.3 is 10.1 Å². The summed E-state index contributed by atoms with van der Waals surface area (Å²) in [6, 6.07) is 10.4. The van der Waals surface area contributed by atoms with E-state index in [4.69, 9.17) is 4.74 Å². The zero-order chi connectivity index (χ0) is 11.7. The summed E-state index contributed by atoms with van der Waals surface area (Å²) >= 11 is 0. The number of ether oxygens (including phenoxy) is 1. The van der Waals surface area contributed by atoms with Gasteiger partial charge in [-0.3, -0.25) is 10.1 Å². The van der Waals surface area contributed by atoms with Gasteiger partial charge in [0.25, 0.3) is 0 Å². The second kappa shape index (κ2) is 4.13. The van der Waals surface area contributed by atoms with E-state index in [2.05, 4.69) is 22.8 Å². The van der Waals surface area contributed by atoms with Crippen LogP contribution in [0.1, 0.15) is 5.56 Å². The Morgan fingerprint density at radius 3 is 2.71 bits per heavy atom. The van der Waals surface area contributed by atoms with Gasteiger partial charge in [-0.1, -0.05) is 30.3 Å². The molecule has 1 aromatic carbocycles. The second-order valence-electron chi connectivity index (χ2n) is 4.81. The molecule has 2 saturated heterocycles. The van der Waals surface area contributed by atoms with Crippen LogP contribution in [0.4, 0.5) is 0 Å². The molecule has 3 rings (SSSR count). The molecule has 1 spiro atoms. The van der Waals surface area contributed by atoms with Gasteiger partial charge in [-0.05, 0) is 12.0 Å². The Bertz CT molecular complexity index is 415. The molecule has 2 fully saturated rings. The van der Waals surface area contributed by atoms with Crippen molar-refractivity contribution in [3.63, 3.8) is 0 Å². The van der Waals surface area contributed by atoms with Gasteiger partial charge in [0.05, 0.1) is 31.3 Å². The van der Waals surface area contributed by atoms with E-state index in [0.29, 0.717) is 19.8 Å². The van der Waals surface area contributed by atoms with Crippen molar-refractivity contribution < 1.29 is 9.53 Å². The van der Waals surface area contributed by atoms with Crippen LogP contribution in [0.3, 0.4) is 0 Å². The van der Waals surface area contributed by atoms with E-state index in [1.807, 2.05) is 18.2 Å². The average molecular weight is 232 g/mol. The standard InChI is InChI=1S/C13H16N2O2/c16-12-7-14-13(8-17-9-13)11(15-12)6-10-4-2-1-3-5-10/h1-5,11,14H,6-9H2,(H,15,16). The van der Waals surface area contributed by atoms with Gasteiger partial charge in [0.1, 0.15) is 0 Å². The highest BCUT2D eigenvalue weighted by Crippen LogP contribution is 2.25. The minimum absolute atomic E-state index is 0.0518. The van der Waals surface area contributed by atoms with Crippen molar-refractivity contribution in [3.8, 4) is 0 Å². The van der Waals surface area contributed by atoms with E-state index in [9.17, 15) is 4.79 Å². The number of amides is 1. The molecule has 2 N–H and O–H groups in total. The number of rotatable bonds is 2. The van der Waals surface area contributed by atoms with E-state index in [-0.39, 0.29) is 17.5 Å². The molecule has 2 heterocycles.